The molecule has 7 heteroatoms. The van der Waals surface area contributed by atoms with Crippen molar-refractivity contribution in [1.29, 1.82) is 0 Å². The number of nitro groups is 1. The molecular weight excluding hydrogens is 310 g/mol. The van der Waals surface area contributed by atoms with Crippen LogP contribution in [0.3, 0.4) is 0 Å². The summed E-state index contributed by atoms with van der Waals surface area (Å²) in [6.07, 6.45) is 0. The fourth-order valence-electron chi connectivity index (χ4n) is 1.78. The quantitative estimate of drug-likeness (QED) is 0.462. The Morgan fingerprint density at radius 1 is 1.27 bits per heavy atom. The molecule has 0 amide bonds. The number of ether oxygens (including phenoxy) is 2. The van der Waals surface area contributed by atoms with Gasteiger partial charge in [-0.3, -0.25) is 14.9 Å². The van der Waals surface area contributed by atoms with Crippen LogP contribution in [0, 0.1) is 10.1 Å². The molecule has 0 saturated heterocycles. The molecule has 0 unspecified atom stereocenters. The van der Waals surface area contributed by atoms with E-state index in [2.05, 4.69) is 0 Å². The molecule has 2 aromatic rings. The Morgan fingerprint density at radius 3 is 2.73 bits per heavy atom. The molecule has 0 bridgehead atoms. The highest BCUT2D eigenvalue weighted by Crippen LogP contribution is 2.30. The van der Waals surface area contributed by atoms with Crippen LogP contribution in [0.5, 0.6) is 11.5 Å². The Hall–Kier alpha value is -2.60. The van der Waals surface area contributed by atoms with Gasteiger partial charge in [0.25, 0.3) is 0 Å². The number of rotatable bonds is 6. The number of carbonyl (C=O) groups is 1. The smallest absolute Gasteiger partial charge is 0.312 e. The number of nitro benzene ring substituents is 1. The molecule has 2 rings (SSSR count). The summed E-state index contributed by atoms with van der Waals surface area (Å²) in [5.41, 5.74) is 0.113. The van der Waals surface area contributed by atoms with E-state index in [0.29, 0.717) is 11.3 Å². The number of hydrogen-bond acceptors (Lipinski definition) is 5. The Balaban J connectivity index is 2.12. The maximum Gasteiger partial charge on any atom is 0.312 e. The third-order valence-corrected chi connectivity index (χ3v) is 3.10. The molecule has 0 aliphatic carbocycles. The molecule has 2 aromatic carbocycles. The van der Waals surface area contributed by atoms with E-state index in [1.54, 1.807) is 24.3 Å². The minimum Gasteiger partial charge on any atom is -0.497 e. The monoisotopic (exact) mass is 321 g/mol. The first kappa shape index (κ1) is 15.8. The summed E-state index contributed by atoms with van der Waals surface area (Å²) in [4.78, 5) is 22.4. The molecule has 0 aliphatic heterocycles. The predicted octanol–water partition coefficient (Wildman–Crippen LogP) is 3.52. The first-order chi connectivity index (χ1) is 10.5. The van der Waals surface area contributed by atoms with Crippen molar-refractivity contribution >= 4 is 23.1 Å². The Bertz CT molecular complexity index is 717. The van der Waals surface area contributed by atoms with Crippen molar-refractivity contribution in [3.05, 3.63) is 63.2 Å². The summed E-state index contributed by atoms with van der Waals surface area (Å²) in [5.74, 6) is 0.220. The maximum absolute atomic E-state index is 12.1. The zero-order valence-corrected chi connectivity index (χ0v) is 12.4. The first-order valence-corrected chi connectivity index (χ1v) is 6.63. The zero-order chi connectivity index (χ0) is 16.1. The Kier molecular flexibility index (Phi) is 4.95. The zero-order valence-electron chi connectivity index (χ0n) is 11.6. The van der Waals surface area contributed by atoms with E-state index in [9.17, 15) is 14.9 Å². The van der Waals surface area contributed by atoms with Gasteiger partial charge in [-0.25, -0.2) is 0 Å². The van der Waals surface area contributed by atoms with Crippen molar-refractivity contribution in [3.8, 4) is 11.5 Å². The topological polar surface area (TPSA) is 78.7 Å². The summed E-state index contributed by atoms with van der Waals surface area (Å²) in [6.45, 7) is -0.324. The summed E-state index contributed by atoms with van der Waals surface area (Å²) in [7, 11) is 1.50. The van der Waals surface area contributed by atoms with Gasteiger partial charge < -0.3 is 9.47 Å². The summed E-state index contributed by atoms with van der Waals surface area (Å²) in [6, 6.07) is 10.6. The third kappa shape index (κ3) is 3.73. The highest BCUT2D eigenvalue weighted by atomic mass is 35.5. The molecule has 0 atom stereocenters. The standard InChI is InChI=1S/C15H12ClNO5/c1-21-12-4-2-3-10(7-12)14(18)9-22-15-6-5-11(16)8-13(15)17(19)20/h2-8H,9H2,1H3. The summed E-state index contributed by atoms with van der Waals surface area (Å²) in [5, 5.41) is 11.2. The van der Waals surface area contributed by atoms with E-state index in [1.165, 1.54) is 25.3 Å². The van der Waals surface area contributed by atoms with Crippen LogP contribution in [0.1, 0.15) is 10.4 Å². The molecule has 6 nitrogen and oxygen atoms in total. The maximum atomic E-state index is 12.1. The van der Waals surface area contributed by atoms with E-state index in [4.69, 9.17) is 21.1 Å². The van der Waals surface area contributed by atoms with Gasteiger partial charge in [-0.15, -0.1) is 0 Å². The van der Waals surface area contributed by atoms with Crippen LogP contribution in [-0.2, 0) is 0 Å². The SMILES string of the molecule is COc1cccc(C(=O)COc2ccc(Cl)cc2[N+](=O)[O-])c1. The number of methoxy groups -OCH3 is 1. The van der Waals surface area contributed by atoms with Crippen LogP contribution in [0.4, 0.5) is 5.69 Å². The van der Waals surface area contributed by atoms with Crippen molar-refractivity contribution in [2.24, 2.45) is 0 Å². The minimum absolute atomic E-state index is 0.00866. The fraction of sp³-hybridized carbons (Fsp3) is 0.133. The van der Waals surface area contributed by atoms with Gasteiger partial charge in [-0.1, -0.05) is 23.7 Å². The number of Topliss-reactive ketones (excluding diaryl/α,β-unsaturated/α-hetero) is 1. The van der Waals surface area contributed by atoms with Crippen molar-refractivity contribution in [2.45, 2.75) is 0 Å². The van der Waals surface area contributed by atoms with Gasteiger partial charge in [0.15, 0.2) is 18.1 Å². The van der Waals surface area contributed by atoms with Crippen LogP contribution < -0.4 is 9.47 Å². The van der Waals surface area contributed by atoms with Crippen LogP contribution >= 0.6 is 11.6 Å². The minimum atomic E-state index is -0.614. The predicted molar refractivity (Wildman–Crippen MR) is 80.9 cm³/mol. The van der Waals surface area contributed by atoms with Gasteiger partial charge in [0.05, 0.1) is 12.0 Å². The molecular formula is C15H12ClNO5. The molecule has 0 fully saturated rings. The number of halogens is 1. The molecule has 0 radical (unpaired) electrons. The normalized spacial score (nSPS) is 10.1. The lowest BCUT2D eigenvalue weighted by Gasteiger charge is -2.07. The molecule has 0 saturated carbocycles. The van der Waals surface area contributed by atoms with Crippen LogP contribution in [0.25, 0.3) is 0 Å². The molecule has 114 valence electrons. The van der Waals surface area contributed by atoms with Gasteiger partial charge >= 0.3 is 5.69 Å². The second kappa shape index (κ2) is 6.91. The number of benzene rings is 2. The van der Waals surface area contributed by atoms with Crippen LogP contribution in [0.2, 0.25) is 5.02 Å². The Morgan fingerprint density at radius 2 is 2.05 bits per heavy atom. The van der Waals surface area contributed by atoms with E-state index >= 15 is 0 Å². The van der Waals surface area contributed by atoms with Crippen LogP contribution in [0.15, 0.2) is 42.5 Å². The lowest BCUT2D eigenvalue weighted by Crippen LogP contribution is -2.12. The Labute approximate surface area is 131 Å². The molecule has 0 aromatic heterocycles. The molecule has 22 heavy (non-hydrogen) atoms. The van der Waals surface area contributed by atoms with Crippen molar-refractivity contribution in [1.82, 2.24) is 0 Å². The second-order valence-electron chi connectivity index (χ2n) is 4.31. The fourth-order valence-corrected chi connectivity index (χ4v) is 1.94. The molecule has 0 heterocycles. The average molecular weight is 322 g/mol. The van der Waals surface area contributed by atoms with Gasteiger partial charge in [-0.05, 0) is 24.3 Å². The first-order valence-electron chi connectivity index (χ1n) is 6.25. The third-order valence-electron chi connectivity index (χ3n) is 2.87. The molecule has 0 spiro atoms. The molecule has 0 aliphatic rings. The number of ketones is 1. The summed E-state index contributed by atoms with van der Waals surface area (Å²) >= 11 is 5.71. The summed E-state index contributed by atoms with van der Waals surface area (Å²) < 4.78 is 10.3. The van der Waals surface area contributed by atoms with Crippen molar-refractivity contribution in [3.63, 3.8) is 0 Å². The molecule has 0 N–H and O–H groups in total. The number of nitrogens with zero attached hydrogens (tertiary/aromatic N) is 1. The van der Waals surface area contributed by atoms with Gasteiger partial charge in [0, 0.05) is 16.7 Å². The largest absolute Gasteiger partial charge is 0.497 e. The van der Waals surface area contributed by atoms with E-state index in [-0.39, 0.29) is 28.8 Å². The van der Waals surface area contributed by atoms with Crippen LogP contribution in [-0.4, -0.2) is 24.4 Å². The lowest BCUT2D eigenvalue weighted by molar-refractivity contribution is -0.385. The van der Waals surface area contributed by atoms with E-state index in [0.717, 1.165) is 0 Å². The lowest BCUT2D eigenvalue weighted by atomic mass is 10.1. The highest BCUT2D eigenvalue weighted by molar-refractivity contribution is 6.30. The van der Waals surface area contributed by atoms with Gasteiger partial charge in [0.2, 0.25) is 0 Å². The second-order valence-corrected chi connectivity index (χ2v) is 4.75. The van der Waals surface area contributed by atoms with Gasteiger partial charge in [-0.2, -0.15) is 0 Å². The van der Waals surface area contributed by atoms with E-state index < -0.39 is 4.92 Å². The van der Waals surface area contributed by atoms with Gasteiger partial charge in [0.1, 0.15) is 5.75 Å². The average Bonchev–Trinajstić information content (AvgIpc) is 2.53. The number of carbonyl (C=O) groups excluding carboxylic acids is 1. The van der Waals surface area contributed by atoms with E-state index in [1.807, 2.05) is 0 Å². The highest BCUT2D eigenvalue weighted by Gasteiger charge is 2.17. The van der Waals surface area contributed by atoms with Crippen molar-refractivity contribution < 1.29 is 19.2 Å². The number of hydrogen-bond donors (Lipinski definition) is 0. The van der Waals surface area contributed by atoms with Crippen molar-refractivity contribution in [2.75, 3.05) is 13.7 Å².